The molecule has 0 radical (unpaired) electrons. The second kappa shape index (κ2) is 8.27. The highest BCUT2D eigenvalue weighted by molar-refractivity contribution is 7.89. The Bertz CT molecular complexity index is 962. The van der Waals surface area contributed by atoms with Crippen molar-refractivity contribution < 1.29 is 23.1 Å². The van der Waals surface area contributed by atoms with Crippen molar-refractivity contribution >= 4 is 38.1 Å². The summed E-state index contributed by atoms with van der Waals surface area (Å²) in [4.78, 5) is 19.7. The van der Waals surface area contributed by atoms with Gasteiger partial charge in [-0.15, -0.1) is 0 Å². The molecule has 0 unspecified atom stereocenters. The van der Waals surface area contributed by atoms with Crippen LogP contribution < -0.4 is 9.80 Å². The first-order chi connectivity index (χ1) is 13.9. The van der Waals surface area contributed by atoms with Gasteiger partial charge in [0, 0.05) is 45.0 Å². The molecule has 0 saturated carbocycles. The number of carboxylic acids is 1. The second-order valence-corrected chi connectivity index (χ2v) is 9.74. The van der Waals surface area contributed by atoms with Crippen molar-refractivity contribution in [3.05, 3.63) is 35.3 Å². The molecule has 2 fully saturated rings. The molecule has 3 heterocycles. The summed E-state index contributed by atoms with van der Waals surface area (Å²) in [7, 11) is -3.57. The highest BCUT2D eigenvalue weighted by Crippen LogP contribution is 2.26. The maximum atomic E-state index is 13.0. The number of piperazine rings is 1. The number of benzene rings is 1. The number of morpholine rings is 1. The van der Waals surface area contributed by atoms with Crippen LogP contribution in [0, 0.1) is 0 Å². The number of ether oxygens (including phenoxy) is 1. The number of carboxylic acid groups (broad SMARTS) is 1. The number of sulfonamides is 1. The van der Waals surface area contributed by atoms with E-state index in [-0.39, 0.29) is 9.77 Å². The number of rotatable bonds is 5. The molecule has 9 nitrogen and oxygen atoms in total. The highest BCUT2D eigenvalue weighted by Gasteiger charge is 2.29. The summed E-state index contributed by atoms with van der Waals surface area (Å²) in [5.41, 5.74) is 0.995. The van der Waals surface area contributed by atoms with Crippen LogP contribution in [0.4, 0.5) is 10.8 Å². The first-order valence-corrected chi connectivity index (χ1v) is 11.6. The van der Waals surface area contributed by atoms with E-state index in [1.807, 2.05) is 17.0 Å². The Hall–Kier alpha value is -2.21. The van der Waals surface area contributed by atoms with Gasteiger partial charge in [-0.2, -0.15) is 4.31 Å². The van der Waals surface area contributed by atoms with Gasteiger partial charge < -0.3 is 19.6 Å². The van der Waals surface area contributed by atoms with Crippen LogP contribution in [-0.4, -0.2) is 81.3 Å². The van der Waals surface area contributed by atoms with E-state index in [9.17, 15) is 13.2 Å². The van der Waals surface area contributed by atoms with Gasteiger partial charge >= 0.3 is 5.97 Å². The minimum absolute atomic E-state index is 0.176. The molecule has 4 rings (SSSR count). The lowest BCUT2D eigenvalue weighted by Crippen LogP contribution is -2.48. The summed E-state index contributed by atoms with van der Waals surface area (Å²) in [6, 6.07) is 7.01. The molecule has 0 aliphatic carbocycles. The average Bonchev–Trinajstić information content (AvgIpc) is 3.25. The molecule has 0 spiro atoms. The van der Waals surface area contributed by atoms with Gasteiger partial charge in [-0.3, -0.25) is 0 Å². The third-order valence-corrected chi connectivity index (χ3v) is 8.02. The molecule has 156 valence electrons. The third kappa shape index (κ3) is 4.22. The zero-order valence-electron chi connectivity index (χ0n) is 15.7. The standard InChI is InChI=1S/C18H22N4O5S2/c23-17(24)16-13-19-18(28-16)21-5-7-22(8-6-21)29(25,26)15-3-1-14(2-4-15)20-9-11-27-12-10-20/h1-4,13H,5-12H2,(H,23,24). The van der Waals surface area contributed by atoms with Gasteiger partial charge in [-0.25, -0.2) is 18.2 Å². The summed E-state index contributed by atoms with van der Waals surface area (Å²) in [6.45, 7) is 4.55. The number of anilines is 2. The van der Waals surface area contributed by atoms with E-state index in [0.29, 0.717) is 44.5 Å². The maximum absolute atomic E-state index is 13.0. The van der Waals surface area contributed by atoms with Crippen molar-refractivity contribution in [3.8, 4) is 0 Å². The SMILES string of the molecule is O=C(O)c1cnc(N2CCN(S(=O)(=O)c3ccc(N4CCOCC4)cc3)CC2)s1. The minimum atomic E-state index is -3.57. The maximum Gasteiger partial charge on any atom is 0.347 e. The molecule has 2 saturated heterocycles. The van der Waals surface area contributed by atoms with E-state index in [2.05, 4.69) is 9.88 Å². The zero-order valence-corrected chi connectivity index (χ0v) is 17.4. The fourth-order valence-electron chi connectivity index (χ4n) is 3.43. The van der Waals surface area contributed by atoms with Gasteiger partial charge in [0.25, 0.3) is 0 Å². The van der Waals surface area contributed by atoms with Gasteiger partial charge in [0.05, 0.1) is 24.3 Å². The molecule has 2 aromatic rings. The van der Waals surface area contributed by atoms with Crippen LogP contribution in [0.3, 0.4) is 0 Å². The molecule has 0 amide bonds. The van der Waals surface area contributed by atoms with Gasteiger partial charge in [-0.1, -0.05) is 11.3 Å². The summed E-state index contributed by atoms with van der Waals surface area (Å²) in [5, 5.41) is 9.64. The van der Waals surface area contributed by atoms with Crippen molar-refractivity contribution in [2.24, 2.45) is 0 Å². The molecular weight excluding hydrogens is 416 g/mol. The van der Waals surface area contributed by atoms with Crippen LogP contribution in [0.15, 0.2) is 35.4 Å². The van der Waals surface area contributed by atoms with Crippen LogP contribution in [-0.2, 0) is 14.8 Å². The Kier molecular flexibility index (Phi) is 5.72. The highest BCUT2D eigenvalue weighted by atomic mass is 32.2. The monoisotopic (exact) mass is 438 g/mol. The topological polar surface area (TPSA) is 103 Å². The first-order valence-electron chi connectivity index (χ1n) is 9.32. The van der Waals surface area contributed by atoms with E-state index in [4.69, 9.17) is 9.84 Å². The van der Waals surface area contributed by atoms with Crippen molar-refractivity contribution in [1.82, 2.24) is 9.29 Å². The van der Waals surface area contributed by atoms with Crippen LogP contribution in [0.5, 0.6) is 0 Å². The second-order valence-electron chi connectivity index (χ2n) is 6.80. The van der Waals surface area contributed by atoms with Crippen LogP contribution in [0.2, 0.25) is 0 Å². The Morgan fingerprint density at radius 2 is 1.66 bits per heavy atom. The summed E-state index contributed by atoms with van der Waals surface area (Å²) < 4.78 is 32.8. The average molecular weight is 439 g/mol. The lowest BCUT2D eigenvalue weighted by Gasteiger charge is -2.34. The number of hydrogen-bond donors (Lipinski definition) is 1. The lowest BCUT2D eigenvalue weighted by atomic mass is 10.2. The molecule has 2 aliphatic rings. The van der Waals surface area contributed by atoms with Crippen LogP contribution in [0.25, 0.3) is 0 Å². The summed E-state index contributed by atoms with van der Waals surface area (Å²) in [6.07, 6.45) is 1.33. The van der Waals surface area contributed by atoms with Gasteiger partial charge in [0.2, 0.25) is 10.0 Å². The number of thiazole rings is 1. The summed E-state index contributed by atoms with van der Waals surface area (Å²) in [5.74, 6) is -1.00. The predicted octanol–water partition coefficient (Wildman–Crippen LogP) is 1.19. The molecule has 29 heavy (non-hydrogen) atoms. The van der Waals surface area contributed by atoms with Crippen LogP contribution in [0.1, 0.15) is 9.67 Å². The Balaban J connectivity index is 1.41. The fourth-order valence-corrected chi connectivity index (χ4v) is 5.66. The molecule has 0 atom stereocenters. The van der Waals surface area contributed by atoms with Crippen LogP contribution >= 0.6 is 11.3 Å². The minimum Gasteiger partial charge on any atom is -0.477 e. The first kappa shape index (κ1) is 20.1. The van der Waals surface area contributed by atoms with Gasteiger partial charge in [-0.05, 0) is 24.3 Å². The molecule has 1 N–H and O–H groups in total. The lowest BCUT2D eigenvalue weighted by molar-refractivity contribution is 0.0702. The third-order valence-electron chi connectivity index (χ3n) is 5.06. The molecular formula is C18H22N4O5S2. The van der Waals surface area contributed by atoms with Gasteiger partial charge in [0.1, 0.15) is 4.88 Å². The van der Waals surface area contributed by atoms with E-state index in [0.717, 1.165) is 30.1 Å². The molecule has 0 bridgehead atoms. The number of hydrogen-bond acceptors (Lipinski definition) is 8. The Morgan fingerprint density at radius 3 is 2.24 bits per heavy atom. The smallest absolute Gasteiger partial charge is 0.347 e. The fraction of sp³-hybridized carbons (Fsp3) is 0.444. The van der Waals surface area contributed by atoms with Crippen molar-refractivity contribution in [1.29, 1.82) is 0 Å². The number of nitrogens with zero attached hydrogens (tertiary/aromatic N) is 4. The van der Waals surface area contributed by atoms with Crippen molar-refractivity contribution in [3.63, 3.8) is 0 Å². The summed E-state index contributed by atoms with van der Waals surface area (Å²) >= 11 is 1.10. The molecule has 1 aromatic heterocycles. The van der Waals surface area contributed by atoms with E-state index in [1.165, 1.54) is 10.5 Å². The molecule has 1 aromatic carbocycles. The Labute approximate surface area is 173 Å². The molecule has 11 heteroatoms. The number of carbonyl (C=O) groups is 1. The predicted molar refractivity (Wildman–Crippen MR) is 110 cm³/mol. The number of aromatic nitrogens is 1. The molecule has 2 aliphatic heterocycles. The van der Waals surface area contributed by atoms with E-state index < -0.39 is 16.0 Å². The van der Waals surface area contributed by atoms with E-state index >= 15 is 0 Å². The van der Waals surface area contributed by atoms with Crippen molar-refractivity contribution in [2.45, 2.75) is 4.90 Å². The van der Waals surface area contributed by atoms with Crippen molar-refractivity contribution in [2.75, 3.05) is 62.3 Å². The zero-order chi connectivity index (χ0) is 20.4. The quantitative estimate of drug-likeness (QED) is 0.743. The van der Waals surface area contributed by atoms with E-state index in [1.54, 1.807) is 12.1 Å². The Morgan fingerprint density at radius 1 is 1.00 bits per heavy atom. The number of aromatic carboxylic acids is 1. The largest absolute Gasteiger partial charge is 0.477 e. The normalized spacial score (nSPS) is 18.8. The van der Waals surface area contributed by atoms with Gasteiger partial charge in [0.15, 0.2) is 5.13 Å².